The first-order valence-electron chi connectivity index (χ1n) is 10.5. The van der Waals surface area contributed by atoms with E-state index in [-0.39, 0.29) is 17.9 Å². The maximum absolute atomic E-state index is 12.0. The van der Waals surface area contributed by atoms with Gasteiger partial charge in [-0.1, -0.05) is 18.2 Å². The summed E-state index contributed by atoms with van der Waals surface area (Å²) in [5.41, 5.74) is 2.07. The minimum absolute atomic E-state index is 0.0588. The number of rotatable bonds is 7. The lowest BCUT2D eigenvalue weighted by Crippen LogP contribution is -2.40. The van der Waals surface area contributed by atoms with Gasteiger partial charge in [-0.2, -0.15) is 0 Å². The van der Waals surface area contributed by atoms with Gasteiger partial charge in [0.2, 0.25) is 5.91 Å². The Balaban J connectivity index is 1.48. The molecule has 28 heavy (non-hydrogen) atoms. The van der Waals surface area contributed by atoms with Crippen molar-refractivity contribution in [2.45, 2.75) is 44.6 Å². The third-order valence-corrected chi connectivity index (χ3v) is 5.42. The lowest BCUT2D eigenvalue weighted by atomic mass is 9.91. The number of carbonyl (C=O) groups is 1. The highest BCUT2D eigenvalue weighted by atomic mass is 16.3. The van der Waals surface area contributed by atoms with Crippen molar-refractivity contribution >= 4 is 17.6 Å². The first kappa shape index (κ1) is 20.6. The average Bonchev–Trinajstić information content (AvgIpc) is 2.70. The number of fused-ring (bicyclic) bond motifs is 1. The van der Waals surface area contributed by atoms with Crippen LogP contribution in [-0.2, 0) is 4.79 Å². The minimum Gasteiger partial charge on any atom is -0.393 e. The zero-order valence-electron chi connectivity index (χ0n) is 16.8. The van der Waals surface area contributed by atoms with Crippen LogP contribution in [0.5, 0.6) is 0 Å². The summed E-state index contributed by atoms with van der Waals surface area (Å²) in [6, 6.07) is 7.98. The van der Waals surface area contributed by atoms with Crippen LogP contribution in [0.4, 0.5) is 5.69 Å². The van der Waals surface area contributed by atoms with Crippen molar-refractivity contribution in [3.63, 3.8) is 0 Å². The Kier molecular flexibility index (Phi) is 7.68. The number of hydrogen-bond donors (Lipinski definition) is 4. The second kappa shape index (κ2) is 10.4. The molecule has 0 bridgehead atoms. The van der Waals surface area contributed by atoms with Crippen molar-refractivity contribution in [1.29, 1.82) is 0 Å². The number of piperidine rings is 1. The van der Waals surface area contributed by atoms with Gasteiger partial charge in [0.25, 0.3) is 0 Å². The number of likely N-dealkylation sites (tertiary alicyclic amines) is 1. The number of aliphatic hydroxyl groups excluding tert-OH is 1. The molecule has 0 saturated carbocycles. The van der Waals surface area contributed by atoms with E-state index in [2.05, 4.69) is 33.8 Å². The van der Waals surface area contributed by atoms with Crippen molar-refractivity contribution in [2.24, 2.45) is 4.99 Å². The Hall–Kier alpha value is -2.12. The third kappa shape index (κ3) is 5.94. The van der Waals surface area contributed by atoms with Crippen molar-refractivity contribution in [3.8, 4) is 0 Å². The van der Waals surface area contributed by atoms with Gasteiger partial charge in [0.05, 0.1) is 12.6 Å². The molecule has 1 fully saturated rings. The van der Waals surface area contributed by atoms with Gasteiger partial charge in [-0.15, -0.1) is 0 Å². The fourth-order valence-corrected chi connectivity index (χ4v) is 3.86. The van der Waals surface area contributed by atoms with Crippen LogP contribution in [-0.4, -0.2) is 67.2 Å². The summed E-state index contributed by atoms with van der Waals surface area (Å²) in [5.74, 6) is 0.976. The molecule has 0 aliphatic carbocycles. The molecule has 1 unspecified atom stereocenters. The van der Waals surface area contributed by atoms with Crippen LogP contribution >= 0.6 is 0 Å². The van der Waals surface area contributed by atoms with Crippen LogP contribution in [0.15, 0.2) is 29.3 Å². The van der Waals surface area contributed by atoms with E-state index in [0.29, 0.717) is 13.0 Å². The zero-order chi connectivity index (χ0) is 19.8. The molecular formula is C21H33N5O2. The van der Waals surface area contributed by atoms with E-state index in [9.17, 15) is 9.90 Å². The molecule has 2 heterocycles. The first-order chi connectivity index (χ1) is 13.7. The largest absolute Gasteiger partial charge is 0.393 e. The fraction of sp³-hybridized carbons (Fsp3) is 0.619. The molecule has 0 radical (unpaired) electrons. The number of anilines is 1. The number of amides is 1. The Bertz CT molecular complexity index is 671. The Labute approximate surface area is 167 Å². The number of guanidine groups is 1. The molecule has 1 atom stereocenters. The van der Waals surface area contributed by atoms with Crippen molar-refractivity contribution in [1.82, 2.24) is 15.5 Å². The highest BCUT2D eigenvalue weighted by Crippen LogP contribution is 2.31. The Morgan fingerprint density at radius 1 is 1.29 bits per heavy atom. The van der Waals surface area contributed by atoms with Crippen LogP contribution < -0.4 is 16.0 Å². The van der Waals surface area contributed by atoms with Crippen LogP contribution in [0.25, 0.3) is 0 Å². The molecule has 4 N–H and O–H groups in total. The van der Waals surface area contributed by atoms with E-state index >= 15 is 0 Å². The number of hydrogen-bond acceptors (Lipinski definition) is 4. The quantitative estimate of drug-likeness (QED) is 0.324. The van der Waals surface area contributed by atoms with Crippen molar-refractivity contribution < 1.29 is 9.90 Å². The molecule has 0 aromatic heterocycles. The highest BCUT2D eigenvalue weighted by molar-refractivity contribution is 5.94. The lowest BCUT2D eigenvalue weighted by molar-refractivity contribution is -0.116. The maximum atomic E-state index is 12.0. The van der Waals surface area contributed by atoms with Crippen LogP contribution in [0.2, 0.25) is 0 Å². The standard InChI is InChI=1S/C21H33N5O2/c1-2-22-21(23-10-5-11-26-12-8-17(27)9-13-26)24-15-16-14-20(28)25-19-7-4-3-6-18(16)19/h3-4,6-7,16-17,27H,2,5,8-15H2,1H3,(H,25,28)(H2,22,23,24). The SMILES string of the molecule is CCNC(=NCC1CC(=O)Nc2ccccc21)NCCCN1CCC(O)CC1. The van der Waals surface area contributed by atoms with E-state index in [1.54, 1.807) is 0 Å². The van der Waals surface area contributed by atoms with Gasteiger partial charge in [-0.3, -0.25) is 9.79 Å². The number of nitrogens with one attached hydrogen (secondary N) is 3. The molecule has 1 aromatic carbocycles. The van der Waals surface area contributed by atoms with Crippen LogP contribution in [0.3, 0.4) is 0 Å². The van der Waals surface area contributed by atoms with Gasteiger partial charge in [0, 0.05) is 44.2 Å². The van der Waals surface area contributed by atoms with Gasteiger partial charge in [0.15, 0.2) is 5.96 Å². The molecule has 2 aliphatic rings. The fourth-order valence-electron chi connectivity index (χ4n) is 3.86. The minimum atomic E-state index is -0.117. The summed E-state index contributed by atoms with van der Waals surface area (Å²) < 4.78 is 0. The number of benzene rings is 1. The second-order valence-electron chi connectivity index (χ2n) is 7.61. The molecule has 154 valence electrons. The van der Waals surface area contributed by atoms with E-state index in [4.69, 9.17) is 4.99 Å². The second-order valence-corrected chi connectivity index (χ2v) is 7.61. The molecule has 1 aromatic rings. The van der Waals surface area contributed by atoms with E-state index in [1.807, 2.05) is 18.2 Å². The van der Waals surface area contributed by atoms with Crippen molar-refractivity contribution in [3.05, 3.63) is 29.8 Å². The normalized spacial score (nSPS) is 21.1. The number of aliphatic hydroxyl groups is 1. The molecule has 1 saturated heterocycles. The number of aliphatic imine (C=N–C) groups is 1. The summed E-state index contributed by atoms with van der Waals surface area (Å²) in [4.78, 5) is 19.1. The van der Waals surface area contributed by atoms with E-state index < -0.39 is 0 Å². The van der Waals surface area contributed by atoms with Gasteiger partial charge < -0.3 is 26.0 Å². The van der Waals surface area contributed by atoms with Crippen LogP contribution in [0.1, 0.15) is 44.1 Å². The Morgan fingerprint density at radius 3 is 2.86 bits per heavy atom. The molecule has 7 nitrogen and oxygen atoms in total. The molecular weight excluding hydrogens is 354 g/mol. The van der Waals surface area contributed by atoms with Gasteiger partial charge >= 0.3 is 0 Å². The molecule has 0 spiro atoms. The first-order valence-corrected chi connectivity index (χ1v) is 10.5. The Morgan fingerprint density at radius 2 is 2.07 bits per heavy atom. The average molecular weight is 388 g/mol. The maximum Gasteiger partial charge on any atom is 0.225 e. The summed E-state index contributed by atoms with van der Waals surface area (Å²) in [7, 11) is 0. The predicted octanol–water partition coefficient (Wildman–Crippen LogP) is 1.51. The number of carbonyl (C=O) groups excluding carboxylic acids is 1. The van der Waals surface area contributed by atoms with Gasteiger partial charge in [-0.05, 0) is 44.4 Å². The monoisotopic (exact) mass is 387 g/mol. The third-order valence-electron chi connectivity index (χ3n) is 5.42. The topological polar surface area (TPSA) is 89.0 Å². The molecule has 3 rings (SSSR count). The van der Waals surface area contributed by atoms with Crippen LogP contribution in [0, 0.1) is 0 Å². The molecule has 2 aliphatic heterocycles. The summed E-state index contributed by atoms with van der Waals surface area (Å²) in [6.07, 6.45) is 3.16. The molecule has 1 amide bonds. The van der Waals surface area contributed by atoms with Gasteiger partial charge in [0.1, 0.15) is 0 Å². The smallest absolute Gasteiger partial charge is 0.225 e. The summed E-state index contributed by atoms with van der Waals surface area (Å²) in [6.45, 7) is 7.31. The summed E-state index contributed by atoms with van der Waals surface area (Å²) >= 11 is 0. The number of para-hydroxylation sites is 1. The summed E-state index contributed by atoms with van der Waals surface area (Å²) in [5, 5.41) is 19.2. The van der Waals surface area contributed by atoms with Gasteiger partial charge in [-0.25, -0.2) is 0 Å². The zero-order valence-corrected chi connectivity index (χ0v) is 16.8. The predicted molar refractivity (Wildman–Crippen MR) is 113 cm³/mol. The van der Waals surface area contributed by atoms with E-state index in [1.165, 1.54) is 0 Å². The number of nitrogens with zero attached hydrogens (tertiary/aromatic N) is 2. The van der Waals surface area contributed by atoms with E-state index in [0.717, 1.165) is 69.2 Å². The lowest BCUT2D eigenvalue weighted by Gasteiger charge is -2.29. The molecule has 7 heteroatoms. The highest BCUT2D eigenvalue weighted by Gasteiger charge is 2.24. The van der Waals surface area contributed by atoms with Crippen molar-refractivity contribution in [2.75, 3.05) is 44.6 Å².